The van der Waals surface area contributed by atoms with Gasteiger partial charge < -0.3 is 4.84 Å². The third-order valence-corrected chi connectivity index (χ3v) is 4.28. The molecule has 0 radical (unpaired) electrons. The average molecular weight is 383 g/mol. The molecule has 2 heterocycles. The normalized spacial score (nSPS) is 13.0. The van der Waals surface area contributed by atoms with E-state index in [1.54, 1.807) is 43.3 Å². The van der Waals surface area contributed by atoms with Crippen LogP contribution in [0.1, 0.15) is 37.2 Å². The first-order chi connectivity index (χ1) is 13.0. The molecule has 4 rings (SSSR count). The van der Waals surface area contributed by atoms with Gasteiger partial charge in [-0.2, -0.15) is 0 Å². The smallest absolute Gasteiger partial charge is 0.321 e. The Morgan fingerprint density at radius 3 is 2.22 bits per heavy atom. The quantitative estimate of drug-likeness (QED) is 0.646. The summed E-state index contributed by atoms with van der Waals surface area (Å²) in [5.41, 5.74) is 0.867. The Hall–Kier alpha value is -3.52. The molecular formula is C18H11ClN4O4. The molecule has 0 aliphatic carbocycles. The second kappa shape index (κ2) is 6.33. The summed E-state index contributed by atoms with van der Waals surface area (Å²) in [7, 11) is 0. The molecule has 1 aliphatic heterocycles. The lowest BCUT2D eigenvalue weighted by atomic mass is 10.1. The summed E-state index contributed by atoms with van der Waals surface area (Å²) < 4.78 is 1.38. The molecule has 0 saturated heterocycles. The van der Waals surface area contributed by atoms with Crippen LogP contribution in [0.3, 0.4) is 0 Å². The van der Waals surface area contributed by atoms with Gasteiger partial charge in [-0.15, -0.1) is 5.10 Å². The summed E-state index contributed by atoms with van der Waals surface area (Å²) in [5, 5.41) is 4.92. The van der Waals surface area contributed by atoms with E-state index in [-0.39, 0.29) is 17.0 Å². The zero-order valence-electron chi connectivity index (χ0n) is 13.9. The molecule has 134 valence electrons. The highest BCUT2D eigenvalue weighted by atomic mass is 35.5. The van der Waals surface area contributed by atoms with Crippen molar-refractivity contribution in [3.05, 3.63) is 76.3 Å². The van der Waals surface area contributed by atoms with Crippen LogP contribution in [0.15, 0.2) is 48.5 Å². The zero-order chi connectivity index (χ0) is 19.1. The van der Waals surface area contributed by atoms with Crippen molar-refractivity contribution >= 4 is 29.4 Å². The molecule has 2 amide bonds. The third kappa shape index (κ3) is 2.76. The Balaban J connectivity index is 1.60. The van der Waals surface area contributed by atoms with Crippen LogP contribution in [0.5, 0.6) is 0 Å². The fourth-order valence-electron chi connectivity index (χ4n) is 2.70. The molecular weight excluding hydrogens is 372 g/mol. The summed E-state index contributed by atoms with van der Waals surface area (Å²) >= 11 is 6.14. The number of rotatable bonds is 3. The highest BCUT2D eigenvalue weighted by molar-refractivity contribution is 6.32. The summed E-state index contributed by atoms with van der Waals surface area (Å²) in [6, 6.07) is 13.1. The summed E-state index contributed by atoms with van der Waals surface area (Å²) in [6.45, 7) is 1.63. The van der Waals surface area contributed by atoms with Crippen molar-refractivity contribution in [3.8, 4) is 5.69 Å². The summed E-state index contributed by atoms with van der Waals surface area (Å²) in [4.78, 5) is 45.9. The number of imide groups is 1. The largest absolute Gasteiger partial charge is 0.403 e. The second-order valence-corrected chi connectivity index (χ2v) is 6.08. The monoisotopic (exact) mass is 382 g/mol. The van der Waals surface area contributed by atoms with E-state index in [0.29, 0.717) is 21.6 Å². The summed E-state index contributed by atoms with van der Waals surface area (Å²) in [5.74, 6) is -2.38. The van der Waals surface area contributed by atoms with E-state index in [0.717, 1.165) is 0 Å². The standard InChI is InChI=1S/C18H11ClN4O4/c1-10-20-15(21-22(10)14-9-5-4-8-13(14)19)18(26)27-23-16(24)11-6-2-3-7-12(11)17(23)25/h2-9H,1H3. The fourth-order valence-corrected chi connectivity index (χ4v) is 2.92. The molecule has 8 nitrogen and oxygen atoms in total. The van der Waals surface area contributed by atoms with Gasteiger partial charge in [0.2, 0.25) is 0 Å². The molecule has 3 aromatic rings. The number of para-hydroxylation sites is 1. The van der Waals surface area contributed by atoms with E-state index in [1.165, 1.54) is 16.8 Å². The molecule has 9 heteroatoms. The summed E-state index contributed by atoms with van der Waals surface area (Å²) in [6.07, 6.45) is 0. The number of benzene rings is 2. The number of aryl methyl sites for hydroxylation is 1. The number of halogens is 1. The van der Waals surface area contributed by atoms with Crippen molar-refractivity contribution in [2.75, 3.05) is 0 Å². The topological polar surface area (TPSA) is 94.4 Å². The highest BCUT2D eigenvalue weighted by Crippen LogP contribution is 2.24. The van der Waals surface area contributed by atoms with Crippen molar-refractivity contribution < 1.29 is 19.2 Å². The Morgan fingerprint density at radius 1 is 1.00 bits per heavy atom. The number of hydrogen-bond donors (Lipinski definition) is 0. The lowest BCUT2D eigenvalue weighted by Gasteiger charge is -2.10. The van der Waals surface area contributed by atoms with Crippen LogP contribution in [0.25, 0.3) is 5.69 Å². The minimum Gasteiger partial charge on any atom is -0.321 e. The highest BCUT2D eigenvalue weighted by Gasteiger charge is 2.39. The maximum Gasteiger partial charge on any atom is 0.403 e. The minimum atomic E-state index is -1.03. The van der Waals surface area contributed by atoms with E-state index in [1.807, 2.05) is 0 Å². The van der Waals surface area contributed by atoms with Crippen molar-refractivity contribution in [1.82, 2.24) is 19.8 Å². The molecule has 0 N–H and O–H groups in total. The number of aromatic nitrogens is 3. The van der Waals surface area contributed by atoms with Crippen LogP contribution in [-0.4, -0.2) is 37.6 Å². The Labute approximate surface area is 157 Å². The van der Waals surface area contributed by atoms with Crippen molar-refractivity contribution in [2.24, 2.45) is 0 Å². The predicted octanol–water partition coefficient (Wildman–Crippen LogP) is 2.60. The van der Waals surface area contributed by atoms with Crippen LogP contribution in [-0.2, 0) is 4.84 Å². The molecule has 0 fully saturated rings. The molecule has 0 atom stereocenters. The van der Waals surface area contributed by atoms with E-state index in [4.69, 9.17) is 16.4 Å². The first-order valence-electron chi connectivity index (χ1n) is 7.86. The van der Waals surface area contributed by atoms with Gasteiger partial charge in [0.25, 0.3) is 17.6 Å². The van der Waals surface area contributed by atoms with Gasteiger partial charge in [0.05, 0.1) is 21.8 Å². The number of carbonyl (C=O) groups excluding carboxylic acids is 3. The van der Waals surface area contributed by atoms with Crippen molar-refractivity contribution in [3.63, 3.8) is 0 Å². The number of carbonyl (C=O) groups is 3. The molecule has 0 spiro atoms. The van der Waals surface area contributed by atoms with Crippen molar-refractivity contribution in [1.29, 1.82) is 0 Å². The van der Waals surface area contributed by atoms with E-state index < -0.39 is 17.8 Å². The predicted molar refractivity (Wildman–Crippen MR) is 93.5 cm³/mol. The van der Waals surface area contributed by atoms with Gasteiger partial charge in [-0.25, -0.2) is 14.5 Å². The number of hydrogen-bond acceptors (Lipinski definition) is 6. The lowest BCUT2D eigenvalue weighted by Crippen LogP contribution is -2.33. The average Bonchev–Trinajstić information content (AvgIpc) is 3.16. The van der Waals surface area contributed by atoms with Gasteiger partial charge >= 0.3 is 5.97 Å². The van der Waals surface area contributed by atoms with Crippen LogP contribution in [0, 0.1) is 6.92 Å². The van der Waals surface area contributed by atoms with Gasteiger partial charge in [-0.05, 0) is 31.2 Å². The Bertz CT molecular complexity index is 1070. The van der Waals surface area contributed by atoms with Gasteiger partial charge in [-0.1, -0.05) is 40.9 Å². The molecule has 0 saturated carbocycles. The van der Waals surface area contributed by atoms with E-state index in [9.17, 15) is 14.4 Å². The first-order valence-corrected chi connectivity index (χ1v) is 8.24. The third-order valence-electron chi connectivity index (χ3n) is 3.96. The molecule has 1 aromatic heterocycles. The van der Waals surface area contributed by atoms with Crippen LogP contribution >= 0.6 is 11.6 Å². The van der Waals surface area contributed by atoms with Gasteiger partial charge in [0.1, 0.15) is 5.82 Å². The number of nitrogens with zero attached hydrogens (tertiary/aromatic N) is 4. The fraction of sp³-hybridized carbons (Fsp3) is 0.0556. The van der Waals surface area contributed by atoms with Crippen LogP contribution in [0.2, 0.25) is 5.02 Å². The molecule has 0 unspecified atom stereocenters. The van der Waals surface area contributed by atoms with E-state index >= 15 is 0 Å². The number of hydroxylamine groups is 2. The Morgan fingerprint density at radius 2 is 1.59 bits per heavy atom. The first kappa shape index (κ1) is 16.9. The number of fused-ring (bicyclic) bond motifs is 1. The van der Waals surface area contributed by atoms with Crippen LogP contribution < -0.4 is 0 Å². The second-order valence-electron chi connectivity index (χ2n) is 5.67. The zero-order valence-corrected chi connectivity index (χ0v) is 14.7. The molecule has 2 aromatic carbocycles. The number of amides is 2. The van der Waals surface area contributed by atoms with E-state index in [2.05, 4.69) is 10.1 Å². The van der Waals surface area contributed by atoms with Gasteiger partial charge in [0.15, 0.2) is 0 Å². The van der Waals surface area contributed by atoms with Crippen molar-refractivity contribution in [2.45, 2.75) is 6.92 Å². The van der Waals surface area contributed by atoms with Gasteiger partial charge in [-0.3, -0.25) is 9.59 Å². The maximum absolute atomic E-state index is 12.4. The van der Waals surface area contributed by atoms with Crippen LogP contribution in [0.4, 0.5) is 0 Å². The lowest BCUT2D eigenvalue weighted by molar-refractivity contribution is -0.0592. The maximum atomic E-state index is 12.4. The Kier molecular flexibility index (Phi) is 3.97. The SMILES string of the molecule is Cc1nc(C(=O)ON2C(=O)c3ccccc3C2=O)nn1-c1ccccc1Cl. The molecule has 0 bridgehead atoms. The van der Waals surface area contributed by atoms with Gasteiger partial charge in [0, 0.05) is 0 Å². The minimum absolute atomic E-state index is 0.168. The molecule has 1 aliphatic rings. The molecule has 27 heavy (non-hydrogen) atoms.